The third-order valence-corrected chi connectivity index (χ3v) is 6.60. The highest BCUT2D eigenvalue weighted by Crippen LogP contribution is 2.25. The van der Waals surface area contributed by atoms with Gasteiger partial charge in [-0.05, 0) is 27.9 Å². The quantitative estimate of drug-likeness (QED) is 0.103. The first-order valence-electron chi connectivity index (χ1n) is 10.5. The van der Waals surface area contributed by atoms with E-state index in [2.05, 4.69) is 25.7 Å². The van der Waals surface area contributed by atoms with E-state index in [-0.39, 0.29) is 21.7 Å². The number of hydrogen-bond donors (Lipinski definition) is 4. The van der Waals surface area contributed by atoms with Gasteiger partial charge in [0.15, 0.2) is 10.8 Å². The number of oxime groups is 1. The Kier molecular flexibility index (Phi) is 7.81. The zero-order chi connectivity index (χ0) is 27.7. The van der Waals surface area contributed by atoms with Gasteiger partial charge in [0.2, 0.25) is 5.60 Å². The summed E-state index contributed by atoms with van der Waals surface area (Å²) in [6.07, 6.45) is 1.45. The first kappa shape index (κ1) is 27.9. The molecular formula is C18H25N9O8S2. The summed E-state index contributed by atoms with van der Waals surface area (Å²) in [5, 5.41) is 24.9. The number of carbonyl (C=O) groups is 3. The molecule has 17 nitrogen and oxygen atoms in total. The van der Waals surface area contributed by atoms with E-state index in [1.54, 1.807) is 0 Å². The van der Waals surface area contributed by atoms with Crippen molar-refractivity contribution in [3.8, 4) is 0 Å². The van der Waals surface area contributed by atoms with Crippen molar-refractivity contribution >= 4 is 50.3 Å². The Labute approximate surface area is 214 Å². The predicted molar refractivity (Wildman–Crippen MR) is 127 cm³/mol. The van der Waals surface area contributed by atoms with Crippen LogP contribution in [0.2, 0.25) is 0 Å². The van der Waals surface area contributed by atoms with Crippen LogP contribution in [0, 0.1) is 0 Å². The lowest BCUT2D eigenvalue weighted by molar-refractivity contribution is -0.161. The largest absolute Gasteiger partial charge is 0.478 e. The normalized spacial score (nSPS) is 18.6. The summed E-state index contributed by atoms with van der Waals surface area (Å²) >= 11 is 0.965. The average Bonchev–Trinajstić information content (AvgIpc) is 3.39. The Hall–Kier alpha value is -3.68. The number of carbonyl (C=O) groups excluding carboxylic acids is 2. The number of β-lactam (4-membered cyclic amide) rings is 1. The van der Waals surface area contributed by atoms with E-state index in [0.29, 0.717) is 12.2 Å². The van der Waals surface area contributed by atoms with E-state index in [1.807, 2.05) is 19.0 Å². The number of carboxylic acid groups (broad SMARTS) is 1. The number of nitrogen functional groups attached to an aromatic ring is 1. The summed E-state index contributed by atoms with van der Waals surface area (Å²) in [5.74, 6) is -3.52. The number of nitrogens with zero attached hydrogens (tertiary/aromatic N) is 7. The number of nitrogens with two attached hydrogens (primary N) is 1. The van der Waals surface area contributed by atoms with E-state index in [1.165, 1.54) is 25.4 Å². The molecule has 1 unspecified atom stereocenters. The van der Waals surface area contributed by atoms with Gasteiger partial charge in [0.25, 0.3) is 11.8 Å². The van der Waals surface area contributed by atoms with Crippen LogP contribution in [0.25, 0.3) is 0 Å². The van der Waals surface area contributed by atoms with Crippen LogP contribution in [0.3, 0.4) is 0 Å². The lowest BCUT2D eigenvalue weighted by atomic mass is 9.98. The Bertz CT molecular complexity index is 1330. The standard InChI is InChI=1S/C18H25N9O8S2/c1-18(2,16(30)31)35-24-12(10-8-36-17(19)21-10)14(28)22-13-11(27(15(13)29)37(32,33)34)7-26-20-5-9(23-26)6-25(3)4/h5,8,11,13H,6-7H2,1-4H3,(H2,19,21)(H,22,28)(H,30,31)(H,32,33,34)/b24-12-/t11-,13?/m0/s1. The van der Waals surface area contributed by atoms with Crippen molar-refractivity contribution in [2.75, 3.05) is 19.8 Å². The van der Waals surface area contributed by atoms with Crippen LogP contribution < -0.4 is 11.1 Å². The van der Waals surface area contributed by atoms with Gasteiger partial charge in [-0.1, -0.05) is 5.16 Å². The molecule has 37 heavy (non-hydrogen) atoms. The number of thiazole rings is 1. The zero-order valence-electron chi connectivity index (χ0n) is 20.1. The first-order chi connectivity index (χ1) is 17.1. The van der Waals surface area contributed by atoms with Crippen molar-refractivity contribution in [3.05, 3.63) is 23.0 Å². The third-order valence-electron chi connectivity index (χ3n) is 4.98. The van der Waals surface area contributed by atoms with Crippen molar-refractivity contribution in [3.63, 3.8) is 0 Å². The van der Waals surface area contributed by atoms with Crippen LogP contribution in [-0.2, 0) is 42.6 Å². The highest BCUT2D eigenvalue weighted by Gasteiger charge is 2.54. The third kappa shape index (κ3) is 6.37. The number of hydrogen-bond acceptors (Lipinski definition) is 13. The van der Waals surface area contributed by atoms with Crippen molar-refractivity contribution in [1.29, 1.82) is 0 Å². The number of amides is 2. The van der Waals surface area contributed by atoms with Crippen LogP contribution in [-0.4, -0.2) is 103 Å². The second kappa shape index (κ2) is 10.4. The fraction of sp³-hybridized carbons (Fsp3) is 0.500. The number of rotatable bonds is 11. The van der Waals surface area contributed by atoms with E-state index in [4.69, 9.17) is 10.6 Å². The van der Waals surface area contributed by atoms with Crippen LogP contribution in [0.5, 0.6) is 0 Å². The number of aliphatic carboxylic acids is 1. The molecule has 2 atom stereocenters. The van der Waals surface area contributed by atoms with Gasteiger partial charge in [0, 0.05) is 11.9 Å². The predicted octanol–water partition coefficient (Wildman–Crippen LogP) is -1.84. The molecule has 202 valence electrons. The SMILES string of the molecule is CN(C)Cc1cnn(C[C@H]2C(NC(=O)/C(=N\OC(C)(C)C(=O)O)c3csc(N)n3)C(=O)N2S(=O)(=O)O)n1. The first-order valence-corrected chi connectivity index (χ1v) is 12.7. The van der Waals surface area contributed by atoms with Crippen molar-refractivity contribution < 1.29 is 37.3 Å². The van der Waals surface area contributed by atoms with Gasteiger partial charge in [-0.15, -0.1) is 11.3 Å². The van der Waals surface area contributed by atoms with E-state index in [9.17, 15) is 32.5 Å². The summed E-state index contributed by atoms with van der Waals surface area (Å²) in [4.78, 5) is 49.0. The van der Waals surface area contributed by atoms with Crippen LogP contribution in [0.1, 0.15) is 25.2 Å². The number of carboxylic acids is 1. The van der Waals surface area contributed by atoms with Gasteiger partial charge in [0.1, 0.15) is 17.8 Å². The molecule has 3 rings (SSSR count). The molecule has 1 aliphatic heterocycles. The fourth-order valence-corrected chi connectivity index (χ4v) is 4.55. The summed E-state index contributed by atoms with van der Waals surface area (Å²) in [6.45, 7) is 2.54. The smallest absolute Gasteiger partial charge is 0.362 e. The maximum absolute atomic E-state index is 13.1. The highest BCUT2D eigenvalue weighted by molar-refractivity contribution is 7.84. The van der Waals surface area contributed by atoms with Gasteiger partial charge >= 0.3 is 16.3 Å². The van der Waals surface area contributed by atoms with Gasteiger partial charge in [-0.2, -0.15) is 23.4 Å². The van der Waals surface area contributed by atoms with E-state index >= 15 is 0 Å². The molecule has 2 aromatic rings. The number of nitrogens with one attached hydrogen (secondary N) is 1. The molecule has 5 N–H and O–H groups in total. The van der Waals surface area contributed by atoms with Crippen molar-refractivity contribution in [2.45, 2.75) is 44.6 Å². The second-order valence-electron chi connectivity index (χ2n) is 8.68. The molecule has 3 heterocycles. The highest BCUT2D eigenvalue weighted by atomic mass is 32.2. The van der Waals surface area contributed by atoms with Crippen LogP contribution in [0.15, 0.2) is 16.7 Å². The van der Waals surface area contributed by atoms with Gasteiger partial charge in [-0.3, -0.25) is 14.1 Å². The van der Waals surface area contributed by atoms with Gasteiger partial charge < -0.3 is 25.9 Å². The monoisotopic (exact) mass is 559 g/mol. The Morgan fingerprint density at radius 3 is 2.59 bits per heavy atom. The van der Waals surface area contributed by atoms with Gasteiger partial charge in [0.05, 0.1) is 18.4 Å². The Morgan fingerprint density at radius 1 is 1.38 bits per heavy atom. The average molecular weight is 560 g/mol. The minimum absolute atomic E-state index is 0.0708. The molecule has 0 aromatic carbocycles. The molecule has 1 aliphatic rings. The molecule has 0 radical (unpaired) electrons. The second-order valence-corrected chi connectivity index (χ2v) is 10.9. The molecule has 0 spiro atoms. The number of aromatic nitrogens is 4. The molecule has 2 aromatic heterocycles. The molecule has 0 bridgehead atoms. The fourth-order valence-electron chi connectivity index (χ4n) is 3.13. The molecule has 1 saturated heterocycles. The molecule has 0 saturated carbocycles. The lowest BCUT2D eigenvalue weighted by Crippen LogP contribution is -2.73. The Balaban J connectivity index is 1.87. The van der Waals surface area contributed by atoms with E-state index in [0.717, 1.165) is 16.1 Å². The maximum Gasteiger partial charge on any atom is 0.362 e. The summed E-state index contributed by atoms with van der Waals surface area (Å²) < 4.78 is 33.4. The van der Waals surface area contributed by atoms with Crippen LogP contribution in [0.4, 0.5) is 5.13 Å². The summed E-state index contributed by atoms with van der Waals surface area (Å²) in [6, 6.07) is -2.73. The zero-order valence-corrected chi connectivity index (χ0v) is 21.7. The van der Waals surface area contributed by atoms with Crippen LogP contribution >= 0.6 is 11.3 Å². The Morgan fingerprint density at radius 2 is 2.05 bits per heavy atom. The number of anilines is 1. The molecular weight excluding hydrogens is 534 g/mol. The minimum atomic E-state index is -4.97. The summed E-state index contributed by atoms with van der Waals surface area (Å²) in [5.41, 5.74) is 3.78. The van der Waals surface area contributed by atoms with Crippen molar-refractivity contribution in [1.82, 2.24) is 34.5 Å². The molecule has 0 aliphatic carbocycles. The topological polar surface area (TPSA) is 236 Å². The van der Waals surface area contributed by atoms with Crippen molar-refractivity contribution in [2.24, 2.45) is 5.16 Å². The molecule has 2 amide bonds. The lowest BCUT2D eigenvalue weighted by Gasteiger charge is -2.43. The van der Waals surface area contributed by atoms with E-state index < -0.39 is 51.5 Å². The molecule has 19 heteroatoms. The minimum Gasteiger partial charge on any atom is -0.478 e. The summed E-state index contributed by atoms with van der Waals surface area (Å²) in [7, 11) is -1.34. The van der Waals surface area contributed by atoms with Gasteiger partial charge in [-0.25, -0.2) is 14.1 Å². The maximum atomic E-state index is 13.1. The molecule has 1 fully saturated rings.